The fourth-order valence-corrected chi connectivity index (χ4v) is 0.822. The van der Waals surface area contributed by atoms with E-state index in [2.05, 4.69) is 4.98 Å². The summed E-state index contributed by atoms with van der Waals surface area (Å²) in [6, 6.07) is 1.52. The summed E-state index contributed by atoms with van der Waals surface area (Å²) in [5.74, 6) is -0.266. The molecule has 1 aromatic rings. The van der Waals surface area contributed by atoms with E-state index in [1.807, 2.05) is 20.8 Å². The third kappa shape index (κ3) is 2.00. The summed E-state index contributed by atoms with van der Waals surface area (Å²) in [7, 11) is 0. The minimum absolute atomic E-state index is 0.0188. The van der Waals surface area contributed by atoms with E-state index >= 15 is 0 Å². The van der Waals surface area contributed by atoms with Crippen LogP contribution < -0.4 is 0 Å². The first kappa shape index (κ1) is 8.18. The fourth-order valence-electron chi connectivity index (χ4n) is 0.822. The molecule has 0 radical (unpaired) electrons. The van der Waals surface area contributed by atoms with Crippen molar-refractivity contribution in [1.29, 1.82) is 0 Å². The molecule has 2 heteroatoms. The minimum atomic E-state index is -0.266. The molecule has 1 rings (SSSR count). The number of nitrogens with zero attached hydrogens (tertiary/aromatic N) is 1. The highest BCUT2D eigenvalue weighted by molar-refractivity contribution is 5.18. The normalized spacial score (nSPS) is 11.6. The predicted molar refractivity (Wildman–Crippen MR) is 42.9 cm³/mol. The van der Waals surface area contributed by atoms with Gasteiger partial charge in [0.15, 0.2) is 0 Å². The molecule has 0 atom stereocenters. The van der Waals surface area contributed by atoms with Gasteiger partial charge in [0, 0.05) is 6.20 Å². The smallest absolute Gasteiger partial charge is 0.141 e. The molecular formula is C9H12FN. The quantitative estimate of drug-likeness (QED) is 0.558. The first-order chi connectivity index (χ1) is 5.00. The van der Waals surface area contributed by atoms with Crippen LogP contribution in [0.25, 0.3) is 0 Å². The van der Waals surface area contributed by atoms with Gasteiger partial charge in [-0.3, -0.25) is 4.98 Å². The van der Waals surface area contributed by atoms with E-state index < -0.39 is 0 Å². The summed E-state index contributed by atoms with van der Waals surface area (Å²) in [5, 5.41) is 0. The Morgan fingerprint density at radius 2 is 1.91 bits per heavy atom. The van der Waals surface area contributed by atoms with E-state index in [1.165, 1.54) is 12.3 Å². The Morgan fingerprint density at radius 3 is 2.27 bits per heavy atom. The second-order valence-corrected chi connectivity index (χ2v) is 3.64. The van der Waals surface area contributed by atoms with Crippen LogP contribution in [0.2, 0.25) is 0 Å². The molecule has 1 aromatic heterocycles. The summed E-state index contributed by atoms with van der Waals surface area (Å²) in [6.07, 6.45) is 2.92. The lowest BCUT2D eigenvalue weighted by molar-refractivity contribution is 0.566. The van der Waals surface area contributed by atoms with Crippen LogP contribution in [0.4, 0.5) is 4.39 Å². The van der Waals surface area contributed by atoms with Gasteiger partial charge in [0.1, 0.15) is 5.82 Å². The van der Waals surface area contributed by atoms with Gasteiger partial charge < -0.3 is 0 Å². The molecule has 0 aromatic carbocycles. The first-order valence-electron chi connectivity index (χ1n) is 3.61. The number of aromatic nitrogens is 1. The van der Waals surface area contributed by atoms with Crippen molar-refractivity contribution in [3.05, 3.63) is 29.8 Å². The van der Waals surface area contributed by atoms with Crippen molar-refractivity contribution in [3.8, 4) is 0 Å². The topological polar surface area (TPSA) is 12.9 Å². The summed E-state index contributed by atoms with van der Waals surface area (Å²) in [4.78, 5) is 3.78. The molecule has 0 unspecified atom stereocenters. The predicted octanol–water partition coefficient (Wildman–Crippen LogP) is 2.52. The molecule has 11 heavy (non-hydrogen) atoms. The van der Waals surface area contributed by atoms with Gasteiger partial charge in [-0.05, 0) is 17.0 Å². The molecule has 0 N–H and O–H groups in total. The van der Waals surface area contributed by atoms with E-state index in [-0.39, 0.29) is 11.2 Å². The molecule has 0 aliphatic rings. The minimum Gasteiger partial charge on any atom is -0.261 e. The molecular weight excluding hydrogens is 141 g/mol. The molecule has 1 heterocycles. The van der Waals surface area contributed by atoms with Gasteiger partial charge in [0.25, 0.3) is 0 Å². The molecule has 0 spiro atoms. The lowest BCUT2D eigenvalue weighted by Crippen LogP contribution is -2.11. The van der Waals surface area contributed by atoms with Gasteiger partial charge in [0.2, 0.25) is 0 Å². The van der Waals surface area contributed by atoms with E-state index in [4.69, 9.17) is 0 Å². The van der Waals surface area contributed by atoms with Crippen molar-refractivity contribution in [3.63, 3.8) is 0 Å². The molecule has 60 valence electrons. The average molecular weight is 153 g/mol. The zero-order chi connectivity index (χ0) is 8.48. The number of rotatable bonds is 0. The van der Waals surface area contributed by atoms with Crippen LogP contribution in [-0.4, -0.2) is 4.98 Å². The highest BCUT2D eigenvalue weighted by Crippen LogP contribution is 2.21. The van der Waals surface area contributed by atoms with Gasteiger partial charge in [0.05, 0.1) is 6.20 Å². The Morgan fingerprint density at radius 1 is 1.27 bits per heavy atom. The Balaban J connectivity index is 3.06. The second kappa shape index (κ2) is 2.61. The standard InChI is InChI=1S/C9H12FN/c1-9(2,3)7-4-8(10)6-11-5-7/h4-6H,1-3H3. The van der Waals surface area contributed by atoms with Crippen molar-refractivity contribution < 1.29 is 4.39 Å². The number of halogens is 1. The second-order valence-electron chi connectivity index (χ2n) is 3.64. The van der Waals surface area contributed by atoms with Gasteiger partial charge in [-0.1, -0.05) is 20.8 Å². The Kier molecular flexibility index (Phi) is 1.94. The molecule has 0 bridgehead atoms. The third-order valence-electron chi connectivity index (χ3n) is 1.57. The molecule has 0 saturated carbocycles. The molecule has 0 fully saturated rings. The summed E-state index contributed by atoms with van der Waals surface area (Å²) >= 11 is 0. The van der Waals surface area contributed by atoms with E-state index in [0.717, 1.165) is 5.56 Å². The molecule has 0 aliphatic carbocycles. The highest BCUT2D eigenvalue weighted by Gasteiger charge is 2.13. The van der Waals surface area contributed by atoms with Crippen molar-refractivity contribution >= 4 is 0 Å². The summed E-state index contributed by atoms with van der Waals surface area (Å²) in [5.41, 5.74) is 0.909. The van der Waals surface area contributed by atoms with Crippen LogP contribution in [0.3, 0.4) is 0 Å². The summed E-state index contributed by atoms with van der Waals surface area (Å²) < 4.78 is 12.6. The number of hydrogen-bond donors (Lipinski definition) is 0. The van der Waals surface area contributed by atoms with E-state index in [9.17, 15) is 4.39 Å². The monoisotopic (exact) mass is 153 g/mol. The first-order valence-corrected chi connectivity index (χ1v) is 3.61. The highest BCUT2D eigenvalue weighted by atomic mass is 19.1. The fraction of sp³-hybridized carbons (Fsp3) is 0.444. The van der Waals surface area contributed by atoms with Gasteiger partial charge in [-0.2, -0.15) is 0 Å². The van der Waals surface area contributed by atoms with Gasteiger partial charge in [-0.25, -0.2) is 4.39 Å². The van der Waals surface area contributed by atoms with Crippen molar-refractivity contribution in [2.24, 2.45) is 0 Å². The van der Waals surface area contributed by atoms with Crippen LogP contribution in [0.5, 0.6) is 0 Å². The Bertz CT molecular complexity index is 250. The van der Waals surface area contributed by atoms with Crippen LogP contribution in [0.15, 0.2) is 18.5 Å². The molecule has 0 amide bonds. The van der Waals surface area contributed by atoms with Crippen molar-refractivity contribution in [1.82, 2.24) is 4.98 Å². The average Bonchev–Trinajstić information content (AvgIpc) is 1.86. The zero-order valence-corrected chi connectivity index (χ0v) is 7.06. The summed E-state index contributed by atoms with van der Waals surface area (Å²) in [6.45, 7) is 6.09. The SMILES string of the molecule is CC(C)(C)c1cncc(F)c1. The molecule has 1 nitrogen and oxygen atoms in total. The number of pyridine rings is 1. The van der Waals surface area contributed by atoms with E-state index in [1.54, 1.807) is 6.20 Å². The number of hydrogen-bond acceptors (Lipinski definition) is 1. The van der Waals surface area contributed by atoms with Crippen molar-refractivity contribution in [2.45, 2.75) is 26.2 Å². The van der Waals surface area contributed by atoms with Crippen LogP contribution in [0.1, 0.15) is 26.3 Å². The maximum atomic E-state index is 12.6. The van der Waals surface area contributed by atoms with E-state index in [0.29, 0.717) is 0 Å². The van der Waals surface area contributed by atoms with Crippen LogP contribution in [-0.2, 0) is 5.41 Å². The van der Waals surface area contributed by atoms with Crippen LogP contribution in [0, 0.1) is 5.82 Å². The largest absolute Gasteiger partial charge is 0.261 e. The Hall–Kier alpha value is -0.920. The molecule has 0 aliphatic heterocycles. The van der Waals surface area contributed by atoms with Gasteiger partial charge in [-0.15, -0.1) is 0 Å². The Labute approximate surface area is 66.3 Å². The molecule has 0 saturated heterocycles. The van der Waals surface area contributed by atoms with Crippen molar-refractivity contribution in [2.75, 3.05) is 0 Å². The maximum absolute atomic E-state index is 12.6. The third-order valence-corrected chi connectivity index (χ3v) is 1.57. The lowest BCUT2D eigenvalue weighted by Gasteiger charge is -2.17. The zero-order valence-electron chi connectivity index (χ0n) is 7.06. The lowest BCUT2D eigenvalue weighted by atomic mass is 9.88. The maximum Gasteiger partial charge on any atom is 0.141 e. The van der Waals surface area contributed by atoms with Gasteiger partial charge >= 0.3 is 0 Å². The van der Waals surface area contributed by atoms with Crippen LogP contribution >= 0.6 is 0 Å².